The number of carbonyl (C=O) groups excluding carboxylic acids is 1. The number of carboxylic acid groups (broad SMARTS) is 1. The molecular formula is C26H30N2O5. The predicted molar refractivity (Wildman–Crippen MR) is 126 cm³/mol. The number of aliphatic carboxylic acids is 1. The predicted octanol–water partition coefficient (Wildman–Crippen LogP) is 4.07. The lowest BCUT2D eigenvalue weighted by Crippen LogP contribution is -2.42. The van der Waals surface area contributed by atoms with Gasteiger partial charge in [-0.15, -0.1) is 0 Å². The van der Waals surface area contributed by atoms with E-state index in [9.17, 15) is 14.7 Å². The van der Waals surface area contributed by atoms with Crippen molar-refractivity contribution in [2.45, 2.75) is 39.5 Å². The van der Waals surface area contributed by atoms with E-state index in [4.69, 9.17) is 9.15 Å². The van der Waals surface area contributed by atoms with Crippen LogP contribution < -0.4 is 10.6 Å². The number of hydrogen-bond acceptors (Lipinski definition) is 5. The van der Waals surface area contributed by atoms with Crippen molar-refractivity contribution >= 4 is 11.9 Å². The lowest BCUT2D eigenvalue weighted by molar-refractivity contribution is -0.139. The Balaban J connectivity index is 1.85. The van der Waals surface area contributed by atoms with E-state index in [1.807, 2.05) is 62.4 Å². The Hall–Kier alpha value is -3.42. The van der Waals surface area contributed by atoms with Crippen molar-refractivity contribution < 1.29 is 23.8 Å². The van der Waals surface area contributed by atoms with Gasteiger partial charge in [0.1, 0.15) is 24.2 Å². The highest BCUT2D eigenvalue weighted by Gasteiger charge is 2.22. The molecule has 3 rings (SSSR count). The van der Waals surface area contributed by atoms with Gasteiger partial charge in [0.2, 0.25) is 0 Å². The van der Waals surface area contributed by atoms with E-state index >= 15 is 0 Å². The van der Waals surface area contributed by atoms with E-state index in [1.165, 1.54) is 0 Å². The van der Waals surface area contributed by atoms with E-state index in [0.29, 0.717) is 25.3 Å². The maximum absolute atomic E-state index is 13.1. The first-order chi connectivity index (χ1) is 15.9. The number of furan rings is 1. The lowest BCUT2D eigenvalue weighted by Gasteiger charge is -2.18. The number of carboxylic acids is 1. The molecule has 0 aliphatic heterocycles. The third-order valence-corrected chi connectivity index (χ3v) is 5.36. The van der Waals surface area contributed by atoms with Crippen LogP contribution in [0.3, 0.4) is 0 Å². The molecule has 0 bridgehead atoms. The van der Waals surface area contributed by atoms with Gasteiger partial charge in [-0.05, 0) is 80.4 Å². The summed E-state index contributed by atoms with van der Waals surface area (Å²) in [6.07, 6.45) is 0.287. The van der Waals surface area contributed by atoms with Crippen molar-refractivity contribution in [1.82, 2.24) is 10.6 Å². The topological polar surface area (TPSA) is 101 Å². The zero-order valence-corrected chi connectivity index (χ0v) is 19.2. The van der Waals surface area contributed by atoms with Gasteiger partial charge < -0.3 is 24.9 Å². The fraction of sp³-hybridized carbons (Fsp3) is 0.308. The third-order valence-electron chi connectivity index (χ3n) is 5.36. The first-order valence-corrected chi connectivity index (χ1v) is 10.9. The summed E-state index contributed by atoms with van der Waals surface area (Å²) in [6, 6.07) is 16.1. The van der Waals surface area contributed by atoms with Crippen molar-refractivity contribution in [3.05, 3.63) is 82.8 Å². The molecule has 2 aromatic carbocycles. The molecule has 0 saturated carbocycles. The van der Waals surface area contributed by atoms with Gasteiger partial charge in [0.05, 0.1) is 6.61 Å². The van der Waals surface area contributed by atoms with Crippen LogP contribution in [-0.4, -0.2) is 36.6 Å². The molecule has 0 radical (unpaired) electrons. The van der Waals surface area contributed by atoms with E-state index in [0.717, 1.165) is 33.8 Å². The summed E-state index contributed by atoms with van der Waals surface area (Å²) in [7, 11) is 1.74. The summed E-state index contributed by atoms with van der Waals surface area (Å²) in [6.45, 7) is 5.04. The van der Waals surface area contributed by atoms with Crippen LogP contribution in [0.2, 0.25) is 0 Å². The number of nitrogens with one attached hydrogen (secondary N) is 2. The number of benzene rings is 2. The van der Waals surface area contributed by atoms with Crippen LogP contribution >= 0.6 is 0 Å². The molecule has 7 nitrogen and oxygen atoms in total. The minimum Gasteiger partial charge on any atom is -0.480 e. The molecule has 1 amide bonds. The molecule has 0 spiro atoms. The Kier molecular flexibility index (Phi) is 8.40. The van der Waals surface area contributed by atoms with E-state index < -0.39 is 17.9 Å². The van der Waals surface area contributed by atoms with E-state index in [2.05, 4.69) is 10.6 Å². The summed E-state index contributed by atoms with van der Waals surface area (Å²) in [5.41, 5.74) is 3.98. The molecule has 33 heavy (non-hydrogen) atoms. The van der Waals surface area contributed by atoms with Gasteiger partial charge >= 0.3 is 5.97 Å². The summed E-state index contributed by atoms with van der Waals surface area (Å²) < 4.78 is 11.3. The molecule has 7 heteroatoms. The monoisotopic (exact) mass is 450 g/mol. The van der Waals surface area contributed by atoms with Crippen molar-refractivity contribution in [3.63, 3.8) is 0 Å². The van der Waals surface area contributed by atoms with Gasteiger partial charge in [0.25, 0.3) is 5.91 Å². The second-order valence-electron chi connectivity index (χ2n) is 7.96. The molecule has 1 atom stereocenters. The van der Waals surface area contributed by atoms with Crippen LogP contribution in [0.25, 0.3) is 11.1 Å². The molecule has 3 N–H and O–H groups in total. The minimum atomic E-state index is -1.06. The van der Waals surface area contributed by atoms with Gasteiger partial charge in [0.15, 0.2) is 0 Å². The molecule has 0 fully saturated rings. The van der Waals surface area contributed by atoms with Crippen molar-refractivity contribution in [2.24, 2.45) is 0 Å². The summed E-state index contributed by atoms with van der Waals surface area (Å²) in [4.78, 5) is 24.7. The Morgan fingerprint density at radius 1 is 1.03 bits per heavy atom. The normalized spacial score (nSPS) is 11.8. The van der Waals surface area contributed by atoms with Crippen LogP contribution in [0, 0.1) is 13.8 Å². The average Bonchev–Trinajstić information content (AvgIpc) is 3.21. The average molecular weight is 451 g/mol. The first kappa shape index (κ1) is 24.2. The van der Waals surface area contributed by atoms with Crippen LogP contribution in [-0.2, 0) is 22.7 Å². The van der Waals surface area contributed by atoms with E-state index in [-0.39, 0.29) is 6.42 Å². The quantitative estimate of drug-likeness (QED) is 0.407. The number of amides is 1. The standard InChI is InChI=1S/C26H30N2O5/c1-17-6-4-5-7-21(17)23-14-19(15-32-16-20-10-8-18(2)33-20)9-11-22(23)25(29)28-24(26(30)31)12-13-27-3/h4-11,14,24,27H,12-13,15-16H2,1-3H3,(H,28,29)(H,30,31). The molecular weight excluding hydrogens is 420 g/mol. The molecule has 1 unspecified atom stereocenters. The fourth-order valence-corrected chi connectivity index (χ4v) is 3.59. The Labute approximate surface area is 193 Å². The van der Waals surface area contributed by atoms with Crippen molar-refractivity contribution in [1.29, 1.82) is 0 Å². The van der Waals surface area contributed by atoms with Crippen molar-refractivity contribution in [3.8, 4) is 11.1 Å². The lowest BCUT2D eigenvalue weighted by atomic mass is 9.93. The van der Waals surface area contributed by atoms with Gasteiger partial charge in [0, 0.05) is 5.56 Å². The number of ether oxygens (including phenoxy) is 1. The Bertz CT molecular complexity index is 1110. The molecule has 0 saturated heterocycles. The molecule has 1 heterocycles. The second-order valence-corrected chi connectivity index (χ2v) is 7.96. The fourth-order valence-electron chi connectivity index (χ4n) is 3.59. The zero-order chi connectivity index (χ0) is 23.8. The third kappa shape index (κ3) is 6.54. The smallest absolute Gasteiger partial charge is 0.326 e. The molecule has 1 aromatic heterocycles. The highest BCUT2D eigenvalue weighted by atomic mass is 16.5. The van der Waals surface area contributed by atoms with Gasteiger partial charge in [-0.25, -0.2) is 4.79 Å². The summed E-state index contributed by atoms with van der Waals surface area (Å²) in [5.74, 6) is 0.105. The van der Waals surface area contributed by atoms with Crippen LogP contribution in [0.5, 0.6) is 0 Å². The summed E-state index contributed by atoms with van der Waals surface area (Å²) >= 11 is 0. The maximum Gasteiger partial charge on any atom is 0.326 e. The maximum atomic E-state index is 13.1. The van der Waals surface area contributed by atoms with Crippen LogP contribution in [0.15, 0.2) is 59.0 Å². The zero-order valence-electron chi connectivity index (χ0n) is 19.2. The van der Waals surface area contributed by atoms with Crippen LogP contribution in [0.4, 0.5) is 0 Å². The molecule has 0 aliphatic rings. The molecule has 0 aliphatic carbocycles. The number of aryl methyl sites for hydroxylation is 2. The van der Waals surface area contributed by atoms with E-state index in [1.54, 1.807) is 13.1 Å². The largest absolute Gasteiger partial charge is 0.480 e. The minimum absolute atomic E-state index is 0.287. The Morgan fingerprint density at radius 3 is 2.48 bits per heavy atom. The number of rotatable bonds is 11. The SMILES string of the molecule is CNCCC(NC(=O)c1ccc(COCc2ccc(C)o2)cc1-c1ccccc1C)C(=O)O. The second kappa shape index (κ2) is 11.4. The molecule has 174 valence electrons. The number of carbonyl (C=O) groups is 2. The van der Waals surface area contributed by atoms with Crippen molar-refractivity contribution in [2.75, 3.05) is 13.6 Å². The first-order valence-electron chi connectivity index (χ1n) is 10.9. The van der Waals surface area contributed by atoms with Crippen LogP contribution in [0.1, 0.15) is 39.4 Å². The summed E-state index contributed by atoms with van der Waals surface area (Å²) in [5, 5.41) is 15.1. The van der Waals surface area contributed by atoms with Gasteiger partial charge in [-0.3, -0.25) is 4.79 Å². The highest BCUT2D eigenvalue weighted by Crippen LogP contribution is 2.28. The van der Waals surface area contributed by atoms with Gasteiger partial charge in [-0.2, -0.15) is 0 Å². The number of hydrogen-bond donors (Lipinski definition) is 3. The highest BCUT2D eigenvalue weighted by molar-refractivity contribution is 6.02. The van der Waals surface area contributed by atoms with Gasteiger partial charge in [-0.1, -0.05) is 30.3 Å². The molecule has 3 aromatic rings. The Morgan fingerprint density at radius 2 is 1.82 bits per heavy atom.